The first-order valence-electron chi connectivity index (χ1n) is 4.60. The Morgan fingerprint density at radius 1 is 1.57 bits per heavy atom. The van der Waals surface area contributed by atoms with Crippen molar-refractivity contribution in [1.29, 1.82) is 0 Å². The molecule has 0 spiro atoms. The molecule has 1 aliphatic heterocycles. The van der Waals surface area contributed by atoms with Crippen molar-refractivity contribution >= 4 is 5.91 Å². The molecule has 76 valence electrons. The van der Waals surface area contributed by atoms with Crippen LogP contribution in [0.1, 0.15) is 18.2 Å². The van der Waals surface area contributed by atoms with Gasteiger partial charge >= 0.3 is 0 Å². The van der Waals surface area contributed by atoms with Crippen molar-refractivity contribution < 1.29 is 4.79 Å². The Hall–Kier alpha value is -1.36. The summed E-state index contributed by atoms with van der Waals surface area (Å²) in [4.78, 5) is 13.1. The Morgan fingerprint density at radius 3 is 2.71 bits per heavy atom. The Balaban J connectivity index is 2.35. The Labute approximate surface area is 82.5 Å². The molecule has 2 heterocycles. The first kappa shape index (κ1) is 9.21. The van der Waals surface area contributed by atoms with E-state index in [1.165, 1.54) is 0 Å². The minimum absolute atomic E-state index is 0.0324. The van der Waals surface area contributed by atoms with Gasteiger partial charge < -0.3 is 10.6 Å². The molecule has 0 radical (unpaired) electrons. The zero-order valence-electron chi connectivity index (χ0n) is 8.34. The predicted molar refractivity (Wildman–Crippen MR) is 51.3 cm³/mol. The first-order valence-corrected chi connectivity index (χ1v) is 4.60. The number of likely N-dealkylation sites (tertiary alicyclic amines) is 1. The summed E-state index contributed by atoms with van der Waals surface area (Å²) in [6.45, 7) is 0. The molecule has 0 aliphatic carbocycles. The lowest BCUT2D eigenvalue weighted by molar-refractivity contribution is -0.127. The molecular weight excluding hydrogens is 180 g/mol. The fraction of sp³-hybridized carbons (Fsp3) is 0.556. The molecule has 1 saturated heterocycles. The molecule has 0 aromatic carbocycles. The van der Waals surface area contributed by atoms with Crippen molar-refractivity contribution in [3.8, 4) is 0 Å². The van der Waals surface area contributed by atoms with E-state index in [4.69, 9.17) is 5.73 Å². The number of aryl methyl sites for hydroxylation is 1. The Bertz CT molecular complexity index is 359. The summed E-state index contributed by atoms with van der Waals surface area (Å²) in [5, 5.41) is 4.08. The van der Waals surface area contributed by atoms with E-state index >= 15 is 0 Å². The summed E-state index contributed by atoms with van der Waals surface area (Å²) in [6.07, 6.45) is 2.14. The van der Waals surface area contributed by atoms with Crippen LogP contribution in [0.5, 0.6) is 0 Å². The van der Waals surface area contributed by atoms with E-state index in [0.29, 0.717) is 6.42 Å². The van der Waals surface area contributed by atoms with E-state index in [9.17, 15) is 4.79 Å². The van der Waals surface area contributed by atoms with Gasteiger partial charge in [-0.1, -0.05) is 0 Å². The summed E-state index contributed by atoms with van der Waals surface area (Å²) in [6, 6.07) is 1.75. The number of hydrogen-bond acceptors (Lipinski definition) is 3. The molecule has 5 heteroatoms. The van der Waals surface area contributed by atoms with Gasteiger partial charge in [0.1, 0.15) is 0 Å². The minimum atomic E-state index is -0.122. The van der Waals surface area contributed by atoms with Crippen LogP contribution >= 0.6 is 0 Å². The van der Waals surface area contributed by atoms with Gasteiger partial charge in [0.2, 0.25) is 5.91 Å². The molecule has 14 heavy (non-hydrogen) atoms. The monoisotopic (exact) mass is 194 g/mol. The lowest BCUT2D eigenvalue weighted by Gasteiger charge is -2.22. The van der Waals surface area contributed by atoms with E-state index in [1.807, 2.05) is 13.1 Å². The molecular formula is C9H14N4O. The van der Waals surface area contributed by atoms with Crippen LogP contribution in [0.2, 0.25) is 0 Å². The fourth-order valence-corrected chi connectivity index (χ4v) is 1.99. The van der Waals surface area contributed by atoms with Gasteiger partial charge in [0.25, 0.3) is 0 Å². The smallest absolute Gasteiger partial charge is 0.224 e. The van der Waals surface area contributed by atoms with E-state index in [0.717, 1.165) is 5.69 Å². The topological polar surface area (TPSA) is 64.2 Å². The van der Waals surface area contributed by atoms with Crippen LogP contribution in [0, 0.1) is 0 Å². The summed E-state index contributed by atoms with van der Waals surface area (Å²) >= 11 is 0. The van der Waals surface area contributed by atoms with Crippen LogP contribution in [0.4, 0.5) is 0 Å². The summed E-state index contributed by atoms with van der Waals surface area (Å²) in [5.74, 6) is 0.101. The van der Waals surface area contributed by atoms with Gasteiger partial charge in [-0.2, -0.15) is 5.10 Å². The molecule has 2 N–H and O–H groups in total. The van der Waals surface area contributed by atoms with E-state index in [-0.39, 0.29) is 18.0 Å². The number of carbonyl (C=O) groups excluding carboxylic acids is 1. The molecule has 5 nitrogen and oxygen atoms in total. The maximum atomic E-state index is 11.4. The van der Waals surface area contributed by atoms with Crippen molar-refractivity contribution in [2.45, 2.75) is 18.5 Å². The lowest BCUT2D eigenvalue weighted by Crippen LogP contribution is -2.31. The molecule has 1 aliphatic rings. The molecule has 0 bridgehead atoms. The third kappa shape index (κ3) is 1.21. The van der Waals surface area contributed by atoms with Gasteiger partial charge in [-0.25, -0.2) is 0 Å². The second-order valence-corrected chi connectivity index (χ2v) is 3.70. The average molecular weight is 194 g/mol. The summed E-state index contributed by atoms with van der Waals surface area (Å²) in [7, 11) is 3.64. The van der Waals surface area contributed by atoms with Crippen LogP contribution in [0.25, 0.3) is 0 Å². The zero-order chi connectivity index (χ0) is 10.3. The highest BCUT2D eigenvalue weighted by molar-refractivity contribution is 5.79. The van der Waals surface area contributed by atoms with Crippen molar-refractivity contribution in [2.24, 2.45) is 12.8 Å². The standard InChI is InChI=1S/C9H14N4O/c1-12-8(14)5-6(10)9(12)7-3-4-11-13(7)2/h3-4,6,9H,5,10H2,1-2H3/t6-,9+/m0/s1. The lowest BCUT2D eigenvalue weighted by atomic mass is 10.1. The number of likely N-dealkylation sites (N-methyl/N-ethyl adjacent to an activating group) is 1. The zero-order valence-corrected chi connectivity index (χ0v) is 8.34. The fourth-order valence-electron chi connectivity index (χ4n) is 1.99. The molecule has 0 saturated carbocycles. The van der Waals surface area contributed by atoms with Gasteiger partial charge in [0.05, 0.1) is 11.7 Å². The van der Waals surface area contributed by atoms with Crippen LogP contribution in [-0.4, -0.2) is 33.7 Å². The Kier molecular flexibility index (Phi) is 2.03. The van der Waals surface area contributed by atoms with Gasteiger partial charge in [0.15, 0.2) is 0 Å². The third-order valence-corrected chi connectivity index (χ3v) is 2.79. The number of amides is 1. The predicted octanol–water partition coefficient (Wildman–Crippen LogP) is -0.349. The number of rotatable bonds is 1. The molecule has 0 unspecified atom stereocenters. The minimum Gasteiger partial charge on any atom is -0.336 e. The highest BCUT2D eigenvalue weighted by Gasteiger charge is 2.37. The molecule has 1 aromatic heterocycles. The molecule has 2 rings (SSSR count). The van der Waals surface area contributed by atoms with Crippen LogP contribution in [0.15, 0.2) is 12.3 Å². The van der Waals surface area contributed by atoms with E-state index in [1.54, 1.807) is 22.8 Å². The van der Waals surface area contributed by atoms with Crippen molar-refractivity contribution in [3.05, 3.63) is 18.0 Å². The van der Waals surface area contributed by atoms with Crippen LogP contribution in [-0.2, 0) is 11.8 Å². The molecule has 1 fully saturated rings. The van der Waals surface area contributed by atoms with Gasteiger partial charge in [-0.05, 0) is 6.07 Å². The van der Waals surface area contributed by atoms with E-state index < -0.39 is 0 Å². The van der Waals surface area contributed by atoms with Gasteiger partial charge in [-0.15, -0.1) is 0 Å². The SMILES string of the molecule is CN1C(=O)C[C@H](N)[C@@H]1c1ccnn1C. The molecule has 2 atom stereocenters. The molecule has 1 aromatic rings. The van der Waals surface area contributed by atoms with Crippen LogP contribution < -0.4 is 5.73 Å². The maximum Gasteiger partial charge on any atom is 0.224 e. The number of aromatic nitrogens is 2. The highest BCUT2D eigenvalue weighted by atomic mass is 16.2. The highest BCUT2D eigenvalue weighted by Crippen LogP contribution is 2.29. The van der Waals surface area contributed by atoms with Crippen molar-refractivity contribution in [1.82, 2.24) is 14.7 Å². The number of nitrogens with two attached hydrogens (primary N) is 1. The number of carbonyl (C=O) groups is 1. The average Bonchev–Trinajstić information content (AvgIpc) is 2.60. The maximum absolute atomic E-state index is 11.4. The number of nitrogens with zero attached hydrogens (tertiary/aromatic N) is 3. The normalized spacial score (nSPS) is 27.4. The third-order valence-electron chi connectivity index (χ3n) is 2.79. The van der Waals surface area contributed by atoms with E-state index in [2.05, 4.69) is 5.10 Å². The van der Waals surface area contributed by atoms with Gasteiger partial charge in [0, 0.05) is 32.8 Å². The second kappa shape index (κ2) is 3.09. The van der Waals surface area contributed by atoms with Gasteiger partial charge in [-0.3, -0.25) is 9.48 Å². The molecule has 1 amide bonds. The number of hydrogen-bond donors (Lipinski definition) is 1. The summed E-state index contributed by atoms with van der Waals surface area (Å²) in [5.41, 5.74) is 6.91. The quantitative estimate of drug-likeness (QED) is 0.664. The van der Waals surface area contributed by atoms with Crippen LogP contribution in [0.3, 0.4) is 0 Å². The second-order valence-electron chi connectivity index (χ2n) is 3.70. The van der Waals surface area contributed by atoms with Crippen molar-refractivity contribution in [3.63, 3.8) is 0 Å². The van der Waals surface area contributed by atoms with Crippen molar-refractivity contribution in [2.75, 3.05) is 7.05 Å². The Morgan fingerprint density at radius 2 is 2.29 bits per heavy atom. The first-order chi connectivity index (χ1) is 6.61. The summed E-state index contributed by atoms with van der Waals surface area (Å²) < 4.78 is 1.76. The largest absolute Gasteiger partial charge is 0.336 e.